The molecule has 0 aromatic carbocycles. The average molecular weight is 152 g/mol. The molecule has 0 atom stereocenters. The Morgan fingerprint density at radius 2 is 2.00 bits per heavy atom. The van der Waals surface area contributed by atoms with Crippen molar-refractivity contribution in [3.05, 3.63) is 18.5 Å². The van der Waals surface area contributed by atoms with E-state index in [1.807, 2.05) is 0 Å². The van der Waals surface area contributed by atoms with Crippen LogP contribution in [0.25, 0.3) is 0 Å². The van der Waals surface area contributed by atoms with Crippen LogP contribution in [0.5, 0.6) is 0 Å². The molecule has 60 valence electrons. The molecule has 4 heteroatoms. The third-order valence-electron chi connectivity index (χ3n) is 1.22. The molecule has 0 radical (unpaired) electrons. The standard InChI is InChI=1S/C7H12N4/c1-6(2)9-3-7-10-4-8-5-11-7/h4-6,9H,3H2,1-2H3. The van der Waals surface area contributed by atoms with Gasteiger partial charge >= 0.3 is 0 Å². The van der Waals surface area contributed by atoms with Gasteiger partial charge in [0.15, 0.2) is 0 Å². The quantitative estimate of drug-likeness (QED) is 0.679. The maximum atomic E-state index is 3.97. The summed E-state index contributed by atoms with van der Waals surface area (Å²) in [5.41, 5.74) is 0. The summed E-state index contributed by atoms with van der Waals surface area (Å²) in [7, 11) is 0. The van der Waals surface area contributed by atoms with Crippen molar-refractivity contribution in [2.24, 2.45) is 0 Å². The Hall–Kier alpha value is -1.03. The van der Waals surface area contributed by atoms with Crippen LogP contribution in [0, 0.1) is 0 Å². The van der Waals surface area contributed by atoms with Crippen molar-refractivity contribution in [2.45, 2.75) is 26.4 Å². The van der Waals surface area contributed by atoms with Crippen molar-refractivity contribution in [1.29, 1.82) is 0 Å². The summed E-state index contributed by atoms with van der Waals surface area (Å²) in [6.07, 6.45) is 3.01. The molecule has 4 nitrogen and oxygen atoms in total. The minimum atomic E-state index is 0.465. The minimum absolute atomic E-state index is 0.465. The Bertz CT molecular complexity index is 197. The zero-order valence-corrected chi connectivity index (χ0v) is 6.78. The highest BCUT2D eigenvalue weighted by molar-refractivity contribution is 4.80. The Morgan fingerprint density at radius 1 is 1.36 bits per heavy atom. The highest BCUT2D eigenvalue weighted by Gasteiger charge is 1.95. The molecule has 0 fully saturated rings. The maximum Gasteiger partial charge on any atom is 0.145 e. The summed E-state index contributed by atoms with van der Waals surface area (Å²) in [5, 5.41) is 3.21. The molecule has 1 heterocycles. The average Bonchev–Trinajstić information content (AvgIpc) is 2.03. The van der Waals surface area contributed by atoms with E-state index in [-0.39, 0.29) is 0 Å². The van der Waals surface area contributed by atoms with Gasteiger partial charge in [0.1, 0.15) is 18.5 Å². The van der Waals surface area contributed by atoms with Gasteiger partial charge in [-0.3, -0.25) is 0 Å². The zero-order chi connectivity index (χ0) is 8.10. The van der Waals surface area contributed by atoms with Crippen LogP contribution in [-0.2, 0) is 6.54 Å². The Labute approximate surface area is 66.1 Å². The first kappa shape index (κ1) is 8.07. The molecule has 0 saturated carbocycles. The van der Waals surface area contributed by atoms with Crippen molar-refractivity contribution in [1.82, 2.24) is 20.3 Å². The Balaban J connectivity index is 2.39. The maximum absolute atomic E-state index is 3.97. The van der Waals surface area contributed by atoms with Crippen LogP contribution < -0.4 is 5.32 Å². The second-order valence-corrected chi connectivity index (χ2v) is 2.59. The van der Waals surface area contributed by atoms with E-state index >= 15 is 0 Å². The van der Waals surface area contributed by atoms with Crippen molar-refractivity contribution in [2.75, 3.05) is 0 Å². The summed E-state index contributed by atoms with van der Waals surface area (Å²) in [6.45, 7) is 4.88. The summed E-state index contributed by atoms with van der Waals surface area (Å²) in [6, 6.07) is 0.465. The second kappa shape index (κ2) is 3.98. The van der Waals surface area contributed by atoms with Gasteiger partial charge in [-0.2, -0.15) is 0 Å². The highest BCUT2D eigenvalue weighted by Crippen LogP contribution is 1.85. The summed E-state index contributed by atoms with van der Waals surface area (Å²) in [4.78, 5) is 11.7. The van der Waals surface area contributed by atoms with Gasteiger partial charge in [0.2, 0.25) is 0 Å². The molecule has 1 aromatic rings. The third-order valence-corrected chi connectivity index (χ3v) is 1.22. The summed E-state index contributed by atoms with van der Waals surface area (Å²) < 4.78 is 0. The highest BCUT2D eigenvalue weighted by atomic mass is 15.0. The monoisotopic (exact) mass is 152 g/mol. The van der Waals surface area contributed by atoms with Crippen LogP contribution in [0.3, 0.4) is 0 Å². The van der Waals surface area contributed by atoms with E-state index < -0.39 is 0 Å². The predicted molar refractivity (Wildman–Crippen MR) is 41.8 cm³/mol. The molecule has 0 aliphatic rings. The lowest BCUT2D eigenvalue weighted by Gasteiger charge is -2.05. The van der Waals surface area contributed by atoms with E-state index in [1.165, 1.54) is 12.7 Å². The predicted octanol–water partition coefficient (Wildman–Crippen LogP) is 0.370. The molecular formula is C7H12N4. The lowest BCUT2D eigenvalue weighted by atomic mass is 10.4. The van der Waals surface area contributed by atoms with Crippen LogP contribution >= 0.6 is 0 Å². The topological polar surface area (TPSA) is 50.7 Å². The molecule has 1 N–H and O–H groups in total. The Morgan fingerprint density at radius 3 is 2.55 bits per heavy atom. The first-order chi connectivity index (χ1) is 5.29. The van der Waals surface area contributed by atoms with E-state index in [2.05, 4.69) is 34.1 Å². The van der Waals surface area contributed by atoms with Crippen LogP contribution in [0.15, 0.2) is 12.7 Å². The van der Waals surface area contributed by atoms with Gasteiger partial charge in [-0.1, -0.05) is 13.8 Å². The van der Waals surface area contributed by atoms with Crippen LogP contribution in [0.1, 0.15) is 19.7 Å². The van der Waals surface area contributed by atoms with Gasteiger partial charge in [0.25, 0.3) is 0 Å². The van der Waals surface area contributed by atoms with E-state index in [1.54, 1.807) is 0 Å². The van der Waals surface area contributed by atoms with Gasteiger partial charge in [-0.25, -0.2) is 15.0 Å². The van der Waals surface area contributed by atoms with Crippen LogP contribution in [-0.4, -0.2) is 21.0 Å². The number of hydrogen-bond acceptors (Lipinski definition) is 4. The number of rotatable bonds is 3. The van der Waals surface area contributed by atoms with E-state index in [0.717, 1.165) is 5.82 Å². The molecule has 0 unspecified atom stereocenters. The smallest absolute Gasteiger partial charge is 0.145 e. The van der Waals surface area contributed by atoms with Crippen molar-refractivity contribution in [3.63, 3.8) is 0 Å². The van der Waals surface area contributed by atoms with Gasteiger partial charge < -0.3 is 5.32 Å². The van der Waals surface area contributed by atoms with Gasteiger partial charge in [0.05, 0.1) is 6.54 Å². The molecular weight excluding hydrogens is 140 g/mol. The van der Waals surface area contributed by atoms with E-state index in [4.69, 9.17) is 0 Å². The van der Waals surface area contributed by atoms with Gasteiger partial charge in [-0.15, -0.1) is 0 Å². The lowest BCUT2D eigenvalue weighted by Crippen LogP contribution is -2.23. The van der Waals surface area contributed by atoms with Crippen molar-refractivity contribution < 1.29 is 0 Å². The van der Waals surface area contributed by atoms with Crippen LogP contribution in [0.2, 0.25) is 0 Å². The number of aromatic nitrogens is 3. The molecule has 1 aromatic heterocycles. The molecule has 1 rings (SSSR count). The number of nitrogens with one attached hydrogen (secondary N) is 1. The molecule has 0 amide bonds. The first-order valence-electron chi connectivity index (χ1n) is 3.63. The third kappa shape index (κ3) is 3.04. The molecule has 0 saturated heterocycles. The summed E-state index contributed by atoms with van der Waals surface area (Å²) >= 11 is 0. The molecule has 0 bridgehead atoms. The number of hydrogen-bond donors (Lipinski definition) is 1. The van der Waals surface area contributed by atoms with E-state index in [9.17, 15) is 0 Å². The molecule has 11 heavy (non-hydrogen) atoms. The van der Waals surface area contributed by atoms with E-state index in [0.29, 0.717) is 12.6 Å². The van der Waals surface area contributed by atoms with Gasteiger partial charge in [0, 0.05) is 6.04 Å². The molecule has 0 spiro atoms. The van der Waals surface area contributed by atoms with Gasteiger partial charge in [-0.05, 0) is 0 Å². The van der Waals surface area contributed by atoms with Crippen molar-refractivity contribution in [3.8, 4) is 0 Å². The van der Waals surface area contributed by atoms with Crippen LogP contribution in [0.4, 0.5) is 0 Å². The lowest BCUT2D eigenvalue weighted by molar-refractivity contribution is 0.570. The fourth-order valence-corrected chi connectivity index (χ4v) is 0.650. The number of nitrogens with zero attached hydrogens (tertiary/aromatic N) is 3. The normalized spacial score (nSPS) is 10.5. The second-order valence-electron chi connectivity index (χ2n) is 2.59. The largest absolute Gasteiger partial charge is 0.308 e. The Kier molecular flexibility index (Phi) is 2.92. The molecule has 0 aliphatic heterocycles. The fourth-order valence-electron chi connectivity index (χ4n) is 0.650. The fraction of sp³-hybridized carbons (Fsp3) is 0.571. The zero-order valence-electron chi connectivity index (χ0n) is 6.78. The first-order valence-corrected chi connectivity index (χ1v) is 3.63. The van der Waals surface area contributed by atoms with Crippen molar-refractivity contribution >= 4 is 0 Å². The molecule has 0 aliphatic carbocycles. The minimum Gasteiger partial charge on any atom is -0.308 e. The summed E-state index contributed by atoms with van der Waals surface area (Å²) in [5.74, 6) is 0.786. The SMILES string of the molecule is CC(C)NCc1ncncn1.